The van der Waals surface area contributed by atoms with Crippen molar-refractivity contribution in [3.63, 3.8) is 0 Å². The molecular formula is C24H25N3O2S. The third-order valence-corrected chi connectivity index (χ3v) is 6.68. The molecule has 1 aliphatic rings. The van der Waals surface area contributed by atoms with Gasteiger partial charge in [-0.25, -0.2) is 0 Å². The second-order valence-electron chi connectivity index (χ2n) is 7.79. The van der Waals surface area contributed by atoms with Gasteiger partial charge >= 0.3 is 0 Å². The van der Waals surface area contributed by atoms with Gasteiger partial charge in [0.15, 0.2) is 0 Å². The van der Waals surface area contributed by atoms with E-state index in [2.05, 4.69) is 39.9 Å². The van der Waals surface area contributed by atoms with E-state index in [9.17, 15) is 9.59 Å². The van der Waals surface area contributed by atoms with E-state index in [-0.39, 0.29) is 11.8 Å². The first-order chi connectivity index (χ1) is 14.6. The smallest absolute Gasteiger partial charge is 0.255 e. The summed E-state index contributed by atoms with van der Waals surface area (Å²) in [4.78, 5) is 33.1. The van der Waals surface area contributed by atoms with Crippen LogP contribution in [0.15, 0.2) is 66.3 Å². The van der Waals surface area contributed by atoms with Gasteiger partial charge in [0, 0.05) is 37.4 Å². The van der Waals surface area contributed by atoms with Crippen LogP contribution in [0.25, 0.3) is 10.4 Å². The van der Waals surface area contributed by atoms with Crippen molar-refractivity contribution in [2.75, 3.05) is 20.1 Å². The molecule has 2 amide bonds. The summed E-state index contributed by atoms with van der Waals surface area (Å²) < 4.78 is 0. The third-order valence-electron chi connectivity index (χ3n) is 5.76. The number of nitrogens with zero attached hydrogens (tertiary/aromatic N) is 2. The zero-order valence-electron chi connectivity index (χ0n) is 17.0. The van der Waals surface area contributed by atoms with Crippen LogP contribution >= 0.6 is 11.3 Å². The molecule has 1 N–H and O–H groups in total. The molecule has 154 valence electrons. The fraction of sp³-hybridized carbons (Fsp3) is 0.292. The second-order valence-corrected chi connectivity index (χ2v) is 8.73. The van der Waals surface area contributed by atoms with Crippen molar-refractivity contribution >= 4 is 23.2 Å². The molecule has 3 aromatic rings. The average molecular weight is 420 g/mol. The second kappa shape index (κ2) is 8.79. The molecule has 1 saturated heterocycles. The van der Waals surface area contributed by atoms with E-state index < -0.39 is 5.41 Å². The minimum absolute atomic E-state index is 0.00675. The number of thiophene rings is 1. The molecule has 0 aliphatic carbocycles. The molecule has 0 saturated carbocycles. The van der Waals surface area contributed by atoms with E-state index in [1.54, 1.807) is 47.8 Å². The van der Waals surface area contributed by atoms with Crippen LogP contribution in [0, 0.1) is 5.41 Å². The van der Waals surface area contributed by atoms with Gasteiger partial charge in [0.25, 0.3) is 5.91 Å². The highest BCUT2D eigenvalue weighted by Gasteiger charge is 2.43. The van der Waals surface area contributed by atoms with Crippen LogP contribution < -0.4 is 5.32 Å². The van der Waals surface area contributed by atoms with Gasteiger partial charge in [-0.3, -0.25) is 14.6 Å². The number of piperidine rings is 1. The van der Waals surface area contributed by atoms with E-state index in [4.69, 9.17) is 0 Å². The zero-order chi connectivity index (χ0) is 21.0. The third kappa shape index (κ3) is 4.14. The number of carbonyl (C=O) groups is 2. The lowest BCUT2D eigenvalue weighted by Gasteiger charge is -2.41. The number of likely N-dealkylation sites (tertiary alicyclic amines) is 1. The number of rotatable bonds is 5. The highest BCUT2D eigenvalue weighted by molar-refractivity contribution is 7.13. The Balaban J connectivity index is 1.61. The summed E-state index contributed by atoms with van der Waals surface area (Å²) >= 11 is 1.70. The molecule has 1 fully saturated rings. The minimum atomic E-state index is -0.640. The van der Waals surface area contributed by atoms with Crippen LogP contribution in [0.3, 0.4) is 0 Å². The predicted octanol–water partition coefficient (Wildman–Crippen LogP) is 4.02. The van der Waals surface area contributed by atoms with Crippen LogP contribution in [-0.2, 0) is 11.2 Å². The molecule has 3 heterocycles. The van der Waals surface area contributed by atoms with Crippen molar-refractivity contribution in [2.45, 2.75) is 19.3 Å². The Bertz CT molecular complexity index is 1020. The molecule has 5 nitrogen and oxygen atoms in total. The van der Waals surface area contributed by atoms with Gasteiger partial charge in [0.1, 0.15) is 0 Å². The zero-order valence-corrected chi connectivity index (χ0v) is 17.8. The molecule has 0 spiro atoms. The van der Waals surface area contributed by atoms with Crippen LogP contribution in [-0.4, -0.2) is 41.8 Å². The Kier molecular flexibility index (Phi) is 5.95. The molecule has 30 heavy (non-hydrogen) atoms. The first-order valence-corrected chi connectivity index (χ1v) is 11.0. The van der Waals surface area contributed by atoms with Gasteiger partial charge in [0.2, 0.25) is 5.91 Å². The number of pyridine rings is 1. The first-order valence-electron chi connectivity index (χ1n) is 10.2. The highest BCUT2D eigenvalue weighted by Crippen LogP contribution is 2.36. The van der Waals surface area contributed by atoms with Crippen LogP contribution in [0.2, 0.25) is 0 Å². The van der Waals surface area contributed by atoms with Gasteiger partial charge in [-0.05, 0) is 54.0 Å². The highest BCUT2D eigenvalue weighted by atomic mass is 32.1. The summed E-state index contributed by atoms with van der Waals surface area (Å²) in [5.74, 6) is -0.0730. The quantitative estimate of drug-likeness (QED) is 0.679. The maximum absolute atomic E-state index is 13.1. The molecule has 1 atom stereocenters. The molecule has 1 aromatic carbocycles. The number of carbonyl (C=O) groups excluding carboxylic acids is 2. The lowest BCUT2D eigenvalue weighted by atomic mass is 9.74. The first kappa shape index (κ1) is 20.3. The molecule has 1 unspecified atom stereocenters. The van der Waals surface area contributed by atoms with E-state index in [0.717, 1.165) is 24.0 Å². The van der Waals surface area contributed by atoms with E-state index in [0.29, 0.717) is 25.1 Å². The van der Waals surface area contributed by atoms with Crippen molar-refractivity contribution in [1.82, 2.24) is 15.2 Å². The maximum Gasteiger partial charge on any atom is 0.255 e. The largest absolute Gasteiger partial charge is 0.359 e. The summed E-state index contributed by atoms with van der Waals surface area (Å²) in [5, 5.41) is 4.92. The summed E-state index contributed by atoms with van der Waals surface area (Å²) in [6, 6.07) is 16.1. The fourth-order valence-corrected chi connectivity index (χ4v) is 5.04. The van der Waals surface area contributed by atoms with Crippen molar-refractivity contribution < 1.29 is 9.59 Å². The summed E-state index contributed by atoms with van der Waals surface area (Å²) in [6.45, 7) is 1.06. The molecule has 2 aromatic heterocycles. The maximum atomic E-state index is 13.1. The Morgan fingerprint density at radius 3 is 2.83 bits per heavy atom. The SMILES string of the molecule is CNC(=O)C1(Cc2cccc(-c3cccs3)c2)CCCN(C(=O)c2cccnc2)C1. The Labute approximate surface area is 180 Å². The number of hydrogen-bond donors (Lipinski definition) is 1. The predicted molar refractivity (Wildman–Crippen MR) is 119 cm³/mol. The van der Waals surface area contributed by atoms with Gasteiger partial charge in [0.05, 0.1) is 11.0 Å². The van der Waals surface area contributed by atoms with Gasteiger partial charge in [-0.15, -0.1) is 11.3 Å². The molecule has 0 bridgehead atoms. The van der Waals surface area contributed by atoms with Crippen molar-refractivity contribution in [3.8, 4) is 10.4 Å². The van der Waals surface area contributed by atoms with Crippen molar-refractivity contribution in [1.29, 1.82) is 0 Å². The van der Waals surface area contributed by atoms with Crippen molar-refractivity contribution in [3.05, 3.63) is 77.4 Å². The Morgan fingerprint density at radius 1 is 1.20 bits per heavy atom. The number of amides is 2. The molecule has 4 rings (SSSR count). The van der Waals surface area contributed by atoms with Gasteiger partial charge in [-0.1, -0.05) is 30.3 Å². The normalized spacial score (nSPS) is 18.8. The topological polar surface area (TPSA) is 62.3 Å². The monoisotopic (exact) mass is 419 g/mol. The average Bonchev–Trinajstić information content (AvgIpc) is 3.34. The molecular weight excluding hydrogens is 394 g/mol. The van der Waals surface area contributed by atoms with E-state index in [1.807, 2.05) is 12.1 Å². The minimum Gasteiger partial charge on any atom is -0.359 e. The molecule has 6 heteroatoms. The van der Waals surface area contributed by atoms with Crippen LogP contribution in [0.5, 0.6) is 0 Å². The van der Waals surface area contributed by atoms with Crippen molar-refractivity contribution in [2.24, 2.45) is 5.41 Å². The number of aromatic nitrogens is 1. The lowest BCUT2D eigenvalue weighted by molar-refractivity contribution is -0.133. The summed E-state index contributed by atoms with van der Waals surface area (Å²) in [5.41, 5.74) is 2.19. The van der Waals surface area contributed by atoms with E-state index >= 15 is 0 Å². The van der Waals surface area contributed by atoms with Gasteiger partial charge in [-0.2, -0.15) is 0 Å². The standard InChI is InChI=1S/C24H25N3O2S/c1-25-23(29)24(15-18-6-2-7-19(14-18)21-9-4-13-30-21)10-5-12-27(17-24)22(28)20-8-3-11-26-16-20/h2-4,6-9,11,13-14,16H,5,10,12,15,17H2,1H3,(H,25,29). The number of benzene rings is 1. The van der Waals surface area contributed by atoms with E-state index in [1.165, 1.54) is 4.88 Å². The van der Waals surface area contributed by atoms with Gasteiger partial charge < -0.3 is 10.2 Å². The molecule has 1 aliphatic heterocycles. The van der Waals surface area contributed by atoms with Crippen LogP contribution in [0.4, 0.5) is 0 Å². The Morgan fingerprint density at radius 2 is 2.10 bits per heavy atom. The number of hydrogen-bond acceptors (Lipinski definition) is 4. The summed E-state index contributed by atoms with van der Waals surface area (Å²) in [6.07, 6.45) is 5.39. The Hall–Kier alpha value is -2.99. The van der Waals surface area contributed by atoms with Crippen LogP contribution in [0.1, 0.15) is 28.8 Å². The fourth-order valence-electron chi connectivity index (χ4n) is 4.32. The lowest BCUT2D eigenvalue weighted by Crippen LogP contribution is -2.54. The summed E-state index contributed by atoms with van der Waals surface area (Å²) in [7, 11) is 1.67. The number of nitrogens with one attached hydrogen (secondary N) is 1. The molecule has 0 radical (unpaired) electrons.